The number of nitrogens with one attached hydrogen (secondary N) is 2. The highest BCUT2D eigenvalue weighted by Gasteiger charge is 2.37. The van der Waals surface area contributed by atoms with Gasteiger partial charge in [0.1, 0.15) is 12.3 Å². The molecule has 2 amide bonds. The Hall–Kier alpha value is -3.58. The van der Waals surface area contributed by atoms with Crippen molar-refractivity contribution in [2.24, 2.45) is 5.92 Å². The Morgan fingerprint density at radius 3 is 2.57 bits per heavy atom. The van der Waals surface area contributed by atoms with Gasteiger partial charge in [0.2, 0.25) is 0 Å². The second-order valence-corrected chi connectivity index (χ2v) is 9.96. The number of methoxy groups -OCH3 is 1. The van der Waals surface area contributed by atoms with E-state index in [1.807, 2.05) is 51.9 Å². The van der Waals surface area contributed by atoms with Gasteiger partial charge in [0.05, 0.1) is 26.9 Å². The van der Waals surface area contributed by atoms with Crippen molar-refractivity contribution in [2.75, 3.05) is 39.6 Å². The molecule has 0 unspecified atom stereocenters. The minimum Gasteiger partial charge on any atom is -0.495 e. The van der Waals surface area contributed by atoms with Gasteiger partial charge < -0.3 is 24.4 Å². The topological polar surface area (TPSA) is 68.0 Å². The summed E-state index contributed by atoms with van der Waals surface area (Å²) in [7, 11) is 5.83. The second-order valence-electron chi connectivity index (χ2n) is 9.96. The maximum atomic E-state index is 13.7. The van der Waals surface area contributed by atoms with Crippen LogP contribution in [0.3, 0.4) is 0 Å². The van der Waals surface area contributed by atoms with Crippen molar-refractivity contribution in [3.8, 4) is 16.9 Å². The van der Waals surface area contributed by atoms with Gasteiger partial charge in [-0.25, -0.2) is 4.79 Å². The number of ether oxygens (including phenoxy) is 1. The number of carbonyl (C=O) groups excluding carboxylic acids is 1. The Labute approximate surface area is 205 Å². The van der Waals surface area contributed by atoms with Gasteiger partial charge >= 0.3 is 6.03 Å². The highest BCUT2D eigenvalue weighted by molar-refractivity contribution is 5.91. The van der Waals surface area contributed by atoms with Gasteiger partial charge in [0.15, 0.2) is 0 Å². The fourth-order valence-corrected chi connectivity index (χ4v) is 5.58. The van der Waals surface area contributed by atoms with Crippen LogP contribution in [0.1, 0.15) is 23.6 Å². The molecule has 0 aliphatic carbocycles. The fourth-order valence-electron chi connectivity index (χ4n) is 5.58. The van der Waals surface area contributed by atoms with Crippen LogP contribution >= 0.6 is 0 Å². The summed E-state index contributed by atoms with van der Waals surface area (Å²) in [5.74, 6) is 1.03. The lowest BCUT2D eigenvalue weighted by Crippen LogP contribution is -3.04. The van der Waals surface area contributed by atoms with Crippen molar-refractivity contribution in [2.45, 2.75) is 25.4 Å². The lowest BCUT2D eigenvalue weighted by molar-refractivity contribution is -0.872. The number of quaternary nitrogens is 1. The van der Waals surface area contributed by atoms with Crippen molar-refractivity contribution in [3.05, 3.63) is 82.3 Å². The van der Waals surface area contributed by atoms with Crippen LogP contribution in [0.4, 0.5) is 10.5 Å². The molecule has 2 atom stereocenters. The second kappa shape index (κ2) is 9.58. The smallest absolute Gasteiger partial charge is 0.321 e. The lowest BCUT2D eigenvalue weighted by Gasteiger charge is -2.42. The minimum atomic E-state index is -0.128. The van der Waals surface area contributed by atoms with Gasteiger partial charge in [-0.15, -0.1) is 0 Å². The zero-order valence-corrected chi connectivity index (χ0v) is 20.6. The Balaban J connectivity index is 1.40. The molecular formula is C28H33N4O3+. The van der Waals surface area contributed by atoms with E-state index in [-0.39, 0.29) is 23.4 Å². The number of fused-ring (bicyclic) bond motifs is 4. The Morgan fingerprint density at radius 1 is 1.00 bits per heavy atom. The predicted molar refractivity (Wildman–Crippen MR) is 137 cm³/mol. The average Bonchev–Trinajstić information content (AvgIpc) is 2.85. The zero-order valence-electron chi connectivity index (χ0n) is 20.6. The molecule has 182 valence electrons. The number of nitrogens with zero attached hydrogens (tertiary/aromatic N) is 2. The molecule has 1 aromatic heterocycles. The third-order valence-corrected chi connectivity index (χ3v) is 7.09. The zero-order chi connectivity index (χ0) is 24.5. The number of benzene rings is 2. The third kappa shape index (κ3) is 4.56. The largest absolute Gasteiger partial charge is 0.495 e. The molecule has 2 N–H and O–H groups in total. The summed E-state index contributed by atoms with van der Waals surface area (Å²) in [4.78, 5) is 30.0. The quantitative estimate of drug-likeness (QED) is 0.599. The van der Waals surface area contributed by atoms with E-state index >= 15 is 0 Å². The fraction of sp³-hybridized carbons (Fsp3) is 0.357. The van der Waals surface area contributed by atoms with Crippen LogP contribution in [0.15, 0.2) is 65.5 Å². The number of urea groups is 1. The number of hydrogen-bond acceptors (Lipinski definition) is 3. The van der Waals surface area contributed by atoms with Gasteiger partial charge in [-0.1, -0.05) is 36.4 Å². The number of aromatic nitrogens is 1. The van der Waals surface area contributed by atoms with Crippen LogP contribution < -0.4 is 20.5 Å². The van der Waals surface area contributed by atoms with E-state index in [4.69, 9.17) is 4.74 Å². The first-order valence-electron chi connectivity index (χ1n) is 12.2. The molecule has 7 heteroatoms. The van der Waals surface area contributed by atoms with E-state index in [2.05, 4.69) is 37.6 Å². The van der Waals surface area contributed by atoms with Crippen LogP contribution in [0.2, 0.25) is 0 Å². The predicted octanol–water partition coefficient (Wildman–Crippen LogP) is 2.82. The van der Waals surface area contributed by atoms with Gasteiger partial charge in [-0.3, -0.25) is 4.79 Å². The van der Waals surface area contributed by atoms with Crippen LogP contribution in [0.25, 0.3) is 11.1 Å². The molecule has 5 rings (SSSR count). The molecule has 2 aliphatic heterocycles. The molecule has 7 nitrogen and oxygen atoms in total. The monoisotopic (exact) mass is 473 g/mol. The van der Waals surface area contributed by atoms with E-state index in [1.165, 1.54) is 10.5 Å². The maximum absolute atomic E-state index is 13.7. The standard InChI is InChI=1S/C28H32N4O3/c1-30(2)17-20-8-4-5-9-22(20)23-12-13-25-21-14-19(16-32(25)27(23)33)15-31(18-21)28(34)29-24-10-6-7-11-26(24)35-3/h4-13,19,21H,14-18H2,1-3H3,(H,29,34)/p+1/t19-,21+/m0/s1. The van der Waals surface area contributed by atoms with Crippen LogP contribution in [0.5, 0.6) is 5.75 Å². The first kappa shape index (κ1) is 23.2. The summed E-state index contributed by atoms with van der Waals surface area (Å²) in [6, 6.07) is 19.6. The van der Waals surface area contributed by atoms with Crippen LogP contribution in [-0.4, -0.2) is 49.8 Å². The molecule has 3 heterocycles. The Kier molecular flexibility index (Phi) is 6.34. The van der Waals surface area contributed by atoms with E-state index in [0.717, 1.165) is 29.8 Å². The van der Waals surface area contributed by atoms with E-state index in [9.17, 15) is 9.59 Å². The highest BCUT2D eigenvalue weighted by atomic mass is 16.5. The van der Waals surface area contributed by atoms with Crippen molar-refractivity contribution < 1.29 is 14.4 Å². The first-order valence-corrected chi connectivity index (χ1v) is 12.2. The van der Waals surface area contributed by atoms with Gasteiger partial charge in [0, 0.05) is 42.4 Å². The summed E-state index contributed by atoms with van der Waals surface area (Å²) in [6.07, 6.45) is 0.998. The summed E-state index contributed by atoms with van der Waals surface area (Å²) in [5, 5.41) is 3.00. The molecule has 1 fully saturated rings. The number of amides is 2. The summed E-state index contributed by atoms with van der Waals surface area (Å²) < 4.78 is 7.33. The van der Waals surface area contributed by atoms with Crippen molar-refractivity contribution in [3.63, 3.8) is 0 Å². The minimum absolute atomic E-state index is 0.0744. The lowest BCUT2D eigenvalue weighted by atomic mass is 9.83. The normalized spacial score (nSPS) is 18.8. The molecule has 0 radical (unpaired) electrons. The highest BCUT2D eigenvalue weighted by Crippen LogP contribution is 2.36. The van der Waals surface area contributed by atoms with Crippen molar-refractivity contribution >= 4 is 11.7 Å². The molecule has 35 heavy (non-hydrogen) atoms. The molecule has 2 bridgehead atoms. The van der Waals surface area contributed by atoms with Crippen molar-refractivity contribution in [1.29, 1.82) is 0 Å². The summed E-state index contributed by atoms with van der Waals surface area (Å²) in [5.41, 5.74) is 4.72. The SMILES string of the molecule is COc1ccccc1NC(=O)N1C[C@@H]2C[C@H](C1)c1ccc(-c3ccccc3C[NH+](C)C)c(=O)n1C2. The molecule has 3 aromatic rings. The number of likely N-dealkylation sites (tertiary alicyclic amines) is 1. The van der Waals surface area contributed by atoms with Crippen LogP contribution in [-0.2, 0) is 13.1 Å². The van der Waals surface area contributed by atoms with E-state index in [0.29, 0.717) is 31.1 Å². The molecular weight excluding hydrogens is 440 g/mol. The average molecular weight is 474 g/mol. The van der Waals surface area contributed by atoms with Gasteiger partial charge in [-0.05, 0) is 42.2 Å². The number of anilines is 1. The third-order valence-electron chi connectivity index (χ3n) is 7.09. The maximum Gasteiger partial charge on any atom is 0.321 e. The summed E-state index contributed by atoms with van der Waals surface area (Å²) >= 11 is 0. The molecule has 1 saturated heterocycles. The Bertz CT molecular complexity index is 1300. The molecule has 0 spiro atoms. The van der Waals surface area contributed by atoms with E-state index in [1.54, 1.807) is 7.11 Å². The number of hydrogen-bond donors (Lipinski definition) is 2. The van der Waals surface area contributed by atoms with E-state index < -0.39 is 0 Å². The van der Waals surface area contributed by atoms with Crippen LogP contribution in [0, 0.1) is 5.92 Å². The summed E-state index contributed by atoms with van der Waals surface area (Å²) in [6.45, 7) is 2.72. The molecule has 0 saturated carbocycles. The van der Waals surface area contributed by atoms with Crippen molar-refractivity contribution in [1.82, 2.24) is 9.47 Å². The number of pyridine rings is 1. The molecule has 2 aromatic carbocycles. The van der Waals surface area contributed by atoms with Gasteiger partial charge in [-0.2, -0.15) is 0 Å². The number of piperidine rings is 1. The Morgan fingerprint density at radius 2 is 1.77 bits per heavy atom. The van der Waals surface area contributed by atoms with Gasteiger partial charge in [0.25, 0.3) is 5.56 Å². The number of carbonyl (C=O) groups is 1. The first-order chi connectivity index (χ1) is 16.9. The molecule has 2 aliphatic rings. The number of para-hydroxylation sites is 2. The number of rotatable bonds is 5.